The summed E-state index contributed by atoms with van der Waals surface area (Å²) in [5.74, 6) is -1.47. The third-order valence-corrected chi connectivity index (χ3v) is 5.47. The van der Waals surface area contributed by atoms with Crippen LogP contribution in [-0.4, -0.2) is 21.1 Å². The van der Waals surface area contributed by atoms with Gasteiger partial charge < -0.3 is 5.32 Å². The first-order chi connectivity index (χ1) is 12.3. The van der Waals surface area contributed by atoms with E-state index in [0.29, 0.717) is 11.9 Å². The Morgan fingerprint density at radius 2 is 2.00 bits per heavy atom. The Morgan fingerprint density at radius 1 is 1.23 bits per heavy atom. The van der Waals surface area contributed by atoms with Gasteiger partial charge in [-0.25, -0.2) is 9.97 Å². The Labute approximate surface area is 155 Å². The quantitative estimate of drug-likeness (QED) is 0.509. The van der Waals surface area contributed by atoms with Crippen LogP contribution in [0.2, 0.25) is 0 Å². The molecule has 0 aliphatic rings. The molecule has 0 fully saturated rings. The van der Waals surface area contributed by atoms with Crippen molar-refractivity contribution in [2.45, 2.75) is 29.9 Å². The molecule has 3 aromatic rings. The maximum atomic E-state index is 13.1. The van der Waals surface area contributed by atoms with Gasteiger partial charge in [-0.2, -0.15) is 13.2 Å². The van der Waals surface area contributed by atoms with E-state index in [1.54, 1.807) is 25.1 Å². The second kappa shape index (κ2) is 7.63. The van der Waals surface area contributed by atoms with E-state index in [-0.39, 0.29) is 16.4 Å². The van der Waals surface area contributed by atoms with Crippen LogP contribution in [0.25, 0.3) is 10.9 Å². The molecule has 0 aliphatic heterocycles. The maximum absolute atomic E-state index is 13.1. The van der Waals surface area contributed by atoms with Crippen molar-refractivity contribution in [3.05, 3.63) is 52.5 Å². The molecule has 0 aliphatic carbocycles. The van der Waals surface area contributed by atoms with Crippen molar-refractivity contribution in [3.63, 3.8) is 0 Å². The molecule has 2 heterocycles. The molecule has 1 N–H and O–H groups in total. The second-order valence-corrected chi connectivity index (χ2v) is 7.79. The van der Waals surface area contributed by atoms with Crippen molar-refractivity contribution in [3.8, 4) is 0 Å². The van der Waals surface area contributed by atoms with Gasteiger partial charge in [0.2, 0.25) is 11.7 Å². The van der Waals surface area contributed by atoms with E-state index >= 15 is 0 Å². The zero-order valence-corrected chi connectivity index (χ0v) is 15.2. The Kier molecular flexibility index (Phi) is 5.47. The number of hydrogen-bond donors (Lipinski definition) is 1. The summed E-state index contributed by atoms with van der Waals surface area (Å²) in [6.45, 7) is 2.03. The molecular formula is C17H14F3N3OS2. The van der Waals surface area contributed by atoms with Gasteiger partial charge in [0.05, 0.1) is 17.3 Å². The lowest BCUT2D eigenvalue weighted by atomic mass is 10.2. The van der Waals surface area contributed by atoms with E-state index in [4.69, 9.17) is 0 Å². The first-order valence-electron chi connectivity index (χ1n) is 7.65. The highest BCUT2D eigenvalue weighted by molar-refractivity contribution is 8.00. The zero-order chi connectivity index (χ0) is 18.7. The number of nitrogens with one attached hydrogen (secondary N) is 1. The molecule has 1 aromatic carbocycles. The number of hydrogen-bond acceptors (Lipinski definition) is 5. The van der Waals surface area contributed by atoms with Crippen molar-refractivity contribution in [2.75, 3.05) is 0 Å². The SMILES string of the molecule is C[C@H](Sc1nc(C(F)(F)F)nc2ccccc12)C(=O)NCc1cccs1. The van der Waals surface area contributed by atoms with Crippen LogP contribution in [0.5, 0.6) is 0 Å². The number of thiophene rings is 1. The van der Waals surface area contributed by atoms with Gasteiger partial charge in [-0.05, 0) is 24.4 Å². The first kappa shape index (κ1) is 18.7. The van der Waals surface area contributed by atoms with Crippen molar-refractivity contribution < 1.29 is 18.0 Å². The van der Waals surface area contributed by atoms with Gasteiger partial charge in [0.25, 0.3) is 0 Å². The van der Waals surface area contributed by atoms with E-state index in [1.165, 1.54) is 17.4 Å². The van der Waals surface area contributed by atoms with Gasteiger partial charge in [-0.3, -0.25) is 4.79 Å². The lowest BCUT2D eigenvalue weighted by Gasteiger charge is -2.14. The number of nitrogens with zero attached hydrogens (tertiary/aromatic N) is 2. The number of benzene rings is 1. The molecule has 0 saturated carbocycles. The molecule has 1 atom stereocenters. The molecule has 0 bridgehead atoms. The number of carbonyl (C=O) groups excluding carboxylic acids is 1. The third-order valence-electron chi connectivity index (χ3n) is 3.50. The molecule has 4 nitrogen and oxygen atoms in total. The summed E-state index contributed by atoms with van der Waals surface area (Å²) in [4.78, 5) is 20.5. The van der Waals surface area contributed by atoms with Crippen molar-refractivity contribution >= 4 is 39.9 Å². The summed E-state index contributed by atoms with van der Waals surface area (Å²) in [6.07, 6.45) is -4.65. The van der Waals surface area contributed by atoms with Crippen LogP contribution in [0.15, 0.2) is 46.8 Å². The monoisotopic (exact) mass is 397 g/mol. The predicted molar refractivity (Wildman–Crippen MR) is 96.0 cm³/mol. The molecule has 9 heteroatoms. The number of aromatic nitrogens is 2. The standard InChI is InChI=1S/C17H14F3N3OS2/c1-10(14(24)21-9-11-5-4-8-25-11)26-15-12-6-2-3-7-13(12)22-16(23-15)17(18,19)20/h2-8,10H,9H2,1H3,(H,21,24)/t10-/m0/s1. The van der Waals surface area contributed by atoms with Gasteiger partial charge in [-0.1, -0.05) is 36.0 Å². The molecule has 0 unspecified atom stereocenters. The van der Waals surface area contributed by atoms with Crippen molar-refractivity contribution in [1.29, 1.82) is 0 Å². The number of alkyl halides is 3. The van der Waals surface area contributed by atoms with E-state index in [9.17, 15) is 18.0 Å². The normalized spacial score (nSPS) is 12.9. The van der Waals surface area contributed by atoms with Crippen LogP contribution in [-0.2, 0) is 17.5 Å². The summed E-state index contributed by atoms with van der Waals surface area (Å²) < 4.78 is 39.2. The molecule has 0 saturated heterocycles. The van der Waals surface area contributed by atoms with E-state index in [0.717, 1.165) is 16.6 Å². The summed E-state index contributed by atoms with van der Waals surface area (Å²) in [6, 6.07) is 10.2. The van der Waals surface area contributed by atoms with Gasteiger partial charge in [0.1, 0.15) is 5.03 Å². The molecular weight excluding hydrogens is 383 g/mol. The van der Waals surface area contributed by atoms with Crippen LogP contribution in [0, 0.1) is 0 Å². The van der Waals surface area contributed by atoms with Crippen LogP contribution in [0.3, 0.4) is 0 Å². The smallest absolute Gasteiger partial charge is 0.350 e. The Bertz CT molecular complexity index is 913. The topological polar surface area (TPSA) is 54.9 Å². The maximum Gasteiger partial charge on any atom is 0.451 e. The molecule has 26 heavy (non-hydrogen) atoms. The van der Waals surface area contributed by atoms with Crippen LogP contribution < -0.4 is 5.32 Å². The number of amides is 1. The number of para-hydroxylation sites is 1. The van der Waals surface area contributed by atoms with Crippen molar-refractivity contribution in [2.24, 2.45) is 0 Å². The van der Waals surface area contributed by atoms with E-state index in [2.05, 4.69) is 15.3 Å². The fourth-order valence-electron chi connectivity index (χ4n) is 2.22. The summed E-state index contributed by atoms with van der Waals surface area (Å²) in [5.41, 5.74) is 0.198. The Hall–Kier alpha value is -2.13. The highest BCUT2D eigenvalue weighted by atomic mass is 32.2. The summed E-state index contributed by atoms with van der Waals surface area (Å²) >= 11 is 2.51. The fourth-order valence-corrected chi connectivity index (χ4v) is 3.82. The number of fused-ring (bicyclic) bond motifs is 1. The minimum atomic E-state index is -4.65. The molecule has 2 aromatic heterocycles. The van der Waals surface area contributed by atoms with Gasteiger partial charge in [0, 0.05) is 10.3 Å². The molecule has 3 rings (SSSR count). The number of carbonyl (C=O) groups is 1. The van der Waals surface area contributed by atoms with E-state index in [1.807, 2.05) is 17.5 Å². The van der Waals surface area contributed by atoms with E-state index < -0.39 is 17.3 Å². The molecule has 1 amide bonds. The predicted octanol–water partition coefficient (Wildman–Crippen LogP) is 4.51. The fraction of sp³-hybridized carbons (Fsp3) is 0.235. The van der Waals surface area contributed by atoms with Crippen molar-refractivity contribution in [1.82, 2.24) is 15.3 Å². The van der Waals surface area contributed by atoms with Gasteiger partial charge in [0.15, 0.2) is 0 Å². The highest BCUT2D eigenvalue weighted by Gasteiger charge is 2.35. The highest BCUT2D eigenvalue weighted by Crippen LogP contribution is 2.33. The van der Waals surface area contributed by atoms with Gasteiger partial charge in [-0.15, -0.1) is 11.3 Å². The zero-order valence-electron chi connectivity index (χ0n) is 13.6. The van der Waals surface area contributed by atoms with Crippen LogP contribution in [0.1, 0.15) is 17.6 Å². The largest absolute Gasteiger partial charge is 0.451 e. The minimum Gasteiger partial charge on any atom is -0.350 e. The average molecular weight is 397 g/mol. The first-order valence-corrected chi connectivity index (χ1v) is 9.41. The molecule has 0 spiro atoms. The summed E-state index contributed by atoms with van der Waals surface area (Å²) in [7, 11) is 0. The third kappa shape index (κ3) is 4.34. The average Bonchev–Trinajstić information content (AvgIpc) is 3.12. The van der Waals surface area contributed by atoms with Crippen LogP contribution >= 0.6 is 23.1 Å². The summed E-state index contributed by atoms with van der Waals surface area (Å²) in [5, 5.41) is 4.72. The minimum absolute atomic E-state index is 0.140. The lowest BCUT2D eigenvalue weighted by Crippen LogP contribution is -2.30. The number of thioether (sulfide) groups is 1. The number of rotatable bonds is 5. The number of halogens is 3. The Balaban J connectivity index is 1.81. The Morgan fingerprint density at radius 3 is 2.69 bits per heavy atom. The van der Waals surface area contributed by atoms with Crippen LogP contribution in [0.4, 0.5) is 13.2 Å². The van der Waals surface area contributed by atoms with Gasteiger partial charge >= 0.3 is 6.18 Å². The lowest BCUT2D eigenvalue weighted by molar-refractivity contribution is -0.145. The molecule has 136 valence electrons. The second-order valence-electron chi connectivity index (χ2n) is 5.42. The molecule has 0 radical (unpaired) electrons.